The summed E-state index contributed by atoms with van der Waals surface area (Å²) in [6.07, 6.45) is 0. The van der Waals surface area contributed by atoms with Gasteiger partial charge in [0.1, 0.15) is 5.69 Å². The van der Waals surface area contributed by atoms with Gasteiger partial charge in [-0.05, 0) is 41.5 Å². The molecule has 4 rings (SSSR count). The fourth-order valence-corrected chi connectivity index (χ4v) is 3.50. The highest BCUT2D eigenvalue weighted by Gasteiger charge is 2.26. The number of nitro groups is 2. The highest BCUT2D eigenvalue weighted by atomic mass is 35.5. The normalized spacial score (nSPS) is 11.6. The van der Waals surface area contributed by atoms with Gasteiger partial charge in [0, 0.05) is 27.2 Å². The summed E-state index contributed by atoms with van der Waals surface area (Å²) in [5, 5.41) is 27.6. The number of nitrogens with one attached hydrogen (secondary N) is 1. The summed E-state index contributed by atoms with van der Waals surface area (Å²) in [5.41, 5.74) is 5.64. The number of nitrogens with zero attached hydrogens (tertiary/aromatic N) is 3. The van der Waals surface area contributed by atoms with Gasteiger partial charge in [-0.3, -0.25) is 25.7 Å². The second kappa shape index (κ2) is 7.16. The van der Waals surface area contributed by atoms with Crippen LogP contribution in [-0.2, 0) is 0 Å². The molecule has 0 atom stereocenters. The molecule has 3 aromatic carbocycles. The molecule has 10 heteroatoms. The number of hydrazone groups is 1. The van der Waals surface area contributed by atoms with Crippen molar-refractivity contribution in [3.63, 3.8) is 0 Å². The van der Waals surface area contributed by atoms with Crippen LogP contribution in [0.2, 0.25) is 10.0 Å². The fraction of sp³-hybridized carbons (Fsp3) is 0. The number of hydrogen-bond acceptors (Lipinski definition) is 6. The van der Waals surface area contributed by atoms with Crippen molar-refractivity contribution in [2.45, 2.75) is 0 Å². The quantitative estimate of drug-likeness (QED) is 0.333. The molecule has 3 aromatic rings. The van der Waals surface area contributed by atoms with Crippen LogP contribution in [0.4, 0.5) is 17.1 Å². The zero-order chi connectivity index (χ0) is 20.7. The van der Waals surface area contributed by atoms with E-state index >= 15 is 0 Å². The molecular formula is C19H10Cl2N4O4. The third kappa shape index (κ3) is 3.39. The summed E-state index contributed by atoms with van der Waals surface area (Å²) >= 11 is 12.3. The molecule has 0 saturated carbocycles. The lowest BCUT2D eigenvalue weighted by Gasteiger charge is -2.06. The first-order chi connectivity index (χ1) is 13.8. The number of fused-ring (bicyclic) bond motifs is 3. The molecule has 0 bridgehead atoms. The van der Waals surface area contributed by atoms with Crippen LogP contribution in [0.3, 0.4) is 0 Å². The molecule has 0 radical (unpaired) electrons. The summed E-state index contributed by atoms with van der Waals surface area (Å²) < 4.78 is 0. The summed E-state index contributed by atoms with van der Waals surface area (Å²) in [5.74, 6) is 0. The molecule has 0 aromatic heterocycles. The molecule has 144 valence electrons. The van der Waals surface area contributed by atoms with Crippen LogP contribution >= 0.6 is 23.2 Å². The summed E-state index contributed by atoms with van der Waals surface area (Å²) in [7, 11) is 0. The first kappa shape index (κ1) is 18.9. The average Bonchev–Trinajstić information content (AvgIpc) is 2.97. The van der Waals surface area contributed by atoms with Crippen LogP contribution in [0, 0.1) is 20.2 Å². The first-order valence-electron chi connectivity index (χ1n) is 8.22. The highest BCUT2D eigenvalue weighted by Crippen LogP contribution is 2.39. The lowest BCUT2D eigenvalue weighted by molar-refractivity contribution is -0.393. The zero-order valence-corrected chi connectivity index (χ0v) is 15.9. The highest BCUT2D eigenvalue weighted by molar-refractivity contribution is 6.34. The molecule has 1 aliphatic rings. The second-order valence-corrected chi connectivity index (χ2v) is 7.04. The molecule has 8 nitrogen and oxygen atoms in total. The number of nitro benzene ring substituents is 2. The summed E-state index contributed by atoms with van der Waals surface area (Å²) in [4.78, 5) is 20.8. The maximum absolute atomic E-state index is 11.3. The smallest absolute Gasteiger partial charge is 0.271 e. The fourth-order valence-electron chi connectivity index (χ4n) is 3.16. The van der Waals surface area contributed by atoms with Crippen LogP contribution in [-0.4, -0.2) is 15.6 Å². The molecule has 0 fully saturated rings. The van der Waals surface area contributed by atoms with Gasteiger partial charge in [0.25, 0.3) is 5.69 Å². The molecule has 0 heterocycles. The van der Waals surface area contributed by atoms with Crippen molar-refractivity contribution in [1.82, 2.24) is 0 Å². The lowest BCUT2D eigenvalue weighted by atomic mass is 10.1. The standard InChI is InChI=1S/C19H10Cl2N4O4/c20-10-1-4-13-14-5-2-11(21)8-16(14)19(15(13)7-10)23-22-17-6-3-12(24(26)27)9-18(17)25(28)29/h1-9,22H. The van der Waals surface area contributed by atoms with Crippen LogP contribution < -0.4 is 5.43 Å². The van der Waals surface area contributed by atoms with E-state index < -0.39 is 15.5 Å². The van der Waals surface area contributed by atoms with Gasteiger partial charge in [-0.15, -0.1) is 0 Å². The van der Waals surface area contributed by atoms with Crippen LogP contribution in [0.25, 0.3) is 11.1 Å². The van der Waals surface area contributed by atoms with Crippen molar-refractivity contribution in [3.05, 3.63) is 96.0 Å². The average molecular weight is 429 g/mol. The third-order valence-electron chi connectivity index (χ3n) is 4.44. The molecule has 0 saturated heterocycles. The van der Waals surface area contributed by atoms with E-state index in [-0.39, 0.29) is 11.4 Å². The lowest BCUT2D eigenvalue weighted by Crippen LogP contribution is -2.04. The van der Waals surface area contributed by atoms with Gasteiger partial charge in [0.15, 0.2) is 0 Å². The number of rotatable bonds is 4. The zero-order valence-electron chi connectivity index (χ0n) is 14.4. The Kier molecular flexibility index (Phi) is 4.65. The molecule has 0 aliphatic heterocycles. The van der Waals surface area contributed by atoms with E-state index in [1.54, 1.807) is 24.3 Å². The minimum absolute atomic E-state index is 0.0205. The molecule has 0 amide bonds. The summed E-state index contributed by atoms with van der Waals surface area (Å²) in [6, 6.07) is 14.0. The monoisotopic (exact) mass is 428 g/mol. The van der Waals surface area contributed by atoms with Crippen molar-refractivity contribution >= 4 is 46.0 Å². The number of anilines is 1. The van der Waals surface area contributed by atoms with E-state index in [0.717, 1.165) is 28.3 Å². The molecule has 0 spiro atoms. The Morgan fingerprint density at radius 2 is 1.34 bits per heavy atom. The predicted octanol–water partition coefficient (Wildman–Crippen LogP) is 5.65. The Hall–Kier alpha value is -3.49. The van der Waals surface area contributed by atoms with Gasteiger partial charge in [0.05, 0.1) is 21.6 Å². The van der Waals surface area contributed by atoms with Gasteiger partial charge in [-0.1, -0.05) is 35.3 Å². The number of benzene rings is 3. The van der Waals surface area contributed by atoms with Crippen LogP contribution in [0.15, 0.2) is 59.7 Å². The van der Waals surface area contributed by atoms with Crippen molar-refractivity contribution < 1.29 is 9.85 Å². The number of non-ortho nitro benzene ring substituents is 1. The van der Waals surface area contributed by atoms with E-state index in [1.807, 2.05) is 12.1 Å². The largest absolute Gasteiger partial charge is 0.301 e. The molecular weight excluding hydrogens is 419 g/mol. The topological polar surface area (TPSA) is 111 Å². The van der Waals surface area contributed by atoms with Crippen molar-refractivity contribution in [3.8, 4) is 11.1 Å². The van der Waals surface area contributed by atoms with Gasteiger partial charge in [-0.25, -0.2) is 0 Å². The van der Waals surface area contributed by atoms with Crippen LogP contribution in [0.5, 0.6) is 0 Å². The molecule has 29 heavy (non-hydrogen) atoms. The maximum atomic E-state index is 11.3. The Labute approximate surface area is 173 Å². The maximum Gasteiger partial charge on any atom is 0.301 e. The van der Waals surface area contributed by atoms with Gasteiger partial charge in [0.2, 0.25) is 0 Å². The third-order valence-corrected chi connectivity index (χ3v) is 4.91. The number of halogens is 2. The van der Waals surface area contributed by atoms with Gasteiger partial charge in [-0.2, -0.15) is 5.10 Å². The molecule has 1 aliphatic carbocycles. The Morgan fingerprint density at radius 1 is 0.759 bits per heavy atom. The van der Waals surface area contributed by atoms with Crippen molar-refractivity contribution in [2.75, 3.05) is 5.43 Å². The van der Waals surface area contributed by atoms with Crippen LogP contribution in [0.1, 0.15) is 11.1 Å². The first-order valence-corrected chi connectivity index (χ1v) is 8.97. The van der Waals surface area contributed by atoms with Gasteiger partial charge >= 0.3 is 5.69 Å². The van der Waals surface area contributed by atoms with Gasteiger partial charge < -0.3 is 0 Å². The predicted molar refractivity (Wildman–Crippen MR) is 111 cm³/mol. The molecule has 1 N–H and O–H groups in total. The van der Waals surface area contributed by atoms with E-state index in [4.69, 9.17) is 23.2 Å². The van der Waals surface area contributed by atoms with Crippen molar-refractivity contribution in [1.29, 1.82) is 0 Å². The minimum atomic E-state index is -0.709. The summed E-state index contributed by atoms with van der Waals surface area (Å²) in [6.45, 7) is 0. The second-order valence-electron chi connectivity index (χ2n) is 6.17. The Bertz CT molecular complexity index is 1170. The van der Waals surface area contributed by atoms with E-state index in [0.29, 0.717) is 15.8 Å². The van der Waals surface area contributed by atoms with Crippen molar-refractivity contribution in [2.24, 2.45) is 5.10 Å². The minimum Gasteiger partial charge on any atom is -0.271 e. The Balaban J connectivity index is 1.82. The number of hydrogen-bond donors (Lipinski definition) is 1. The van der Waals surface area contributed by atoms with E-state index in [2.05, 4.69) is 10.5 Å². The molecule has 0 unspecified atom stereocenters. The van der Waals surface area contributed by atoms with E-state index in [1.165, 1.54) is 12.1 Å². The SMILES string of the molecule is O=[N+]([O-])c1ccc(NN=C2c3cc(Cl)ccc3-c3ccc(Cl)cc32)c([N+](=O)[O-])c1. The van der Waals surface area contributed by atoms with E-state index in [9.17, 15) is 20.2 Å². The Morgan fingerprint density at radius 3 is 1.86 bits per heavy atom.